The molecule has 3 nitrogen and oxygen atoms in total. The Morgan fingerprint density at radius 2 is 2.21 bits per heavy atom. The van der Waals surface area contributed by atoms with Crippen molar-refractivity contribution in [3.05, 3.63) is 0 Å². The molecule has 0 bridgehead atoms. The van der Waals surface area contributed by atoms with Crippen LogP contribution in [0.4, 0.5) is 0 Å². The molecule has 3 atom stereocenters. The van der Waals surface area contributed by atoms with E-state index in [-0.39, 0.29) is 29.3 Å². The maximum absolute atomic E-state index is 11.6. The minimum absolute atomic E-state index is 0.0587. The lowest BCUT2D eigenvalue weighted by Gasteiger charge is -2.50. The van der Waals surface area contributed by atoms with E-state index < -0.39 is 0 Å². The van der Waals surface area contributed by atoms with Gasteiger partial charge in [0.05, 0.1) is 0 Å². The van der Waals surface area contributed by atoms with Gasteiger partial charge in [0.1, 0.15) is 0 Å². The van der Waals surface area contributed by atoms with Gasteiger partial charge in [-0.2, -0.15) is 0 Å². The zero-order chi connectivity index (χ0) is 10.9. The lowest BCUT2D eigenvalue weighted by molar-refractivity contribution is -0.127. The molecule has 0 radical (unpaired) electrons. The zero-order valence-corrected chi connectivity index (χ0v) is 9.63. The van der Waals surface area contributed by atoms with E-state index in [0.717, 1.165) is 12.8 Å². The molecule has 3 heteroatoms. The Labute approximate surface area is 86.4 Å². The van der Waals surface area contributed by atoms with E-state index in [4.69, 9.17) is 5.73 Å². The van der Waals surface area contributed by atoms with Crippen molar-refractivity contribution in [2.24, 2.45) is 17.1 Å². The zero-order valence-electron chi connectivity index (χ0n) is 9.63. The molecule has 1 saturated carbocycles. The Bertz CT molecular complexity index is 225. The van der Waals surface area contributed by atoms with E-state index in [1.807, 2.05) is 13.8 Å². The summed E-state index contributed by atoms with van der Waals surface area (Å²) in [6, 6.07) is 0.490. The second-order valence-corrected chi connectivity index (χ2v) is 5.03. The number of carbonyl (C=O) groups excluding carboxylic acids is 1. The third-order valence-corrected chi connectivity index (χ3v) is 3.72. The molecule has 0 saturated heterocycles. The lowest BCUT2D eigenvalue weighted by Crippen LogP contribution is -2.64. The Balaban J connectivity index is 2.44. The van der Waals surface area contributed by atoms with Crippen LogP contribution in [0.15, 0.2) is 0 Å². The van der Waals surface area contributed by atoms with Gasteiger partial charge in [0.2, 0.25) is 5.91 Å². The van der Waals surface area contributed by atoms with Crippen LogP contribution < -0.4 is 11.1 Å². The van der Waals surface area contributed by atoms with Crippen molar-refractivity contribution in [3.8, 4) is 0 Å². The van der Waals surface area contributed by atoms with Gasteiger partial charge in [0, 0.05) is 23.4 Å². The molecule has 1 rings (SSSR count). The number of nitrogens with one attached hydrogen (secondary N) is 1. The highest BCUT2D eigenvalue weighted by Crippen LogP contribution is 2.39. The fourth-order valence-electron chi connectivity index (χ4n) is 1.70. The van der Waals surface area contributed by atoms with E-state index in [2.05, 4.69) is 19.2 Å². The van der Waals surface area contributed by atoms with Gasteiger partial charge in [0.15, 0.2) is 0 Å². The summed E-state index contributed by atoms with van der Waals surface area (Å²) >= 11 is 0. The lowest BCUT2D eigenvalue weighted by atomic mass is 9.63. The van der Waals surface area contributed by atoms with E-state index in [1.165, 1.54) is 0 Å². The Hall–Kier alpha value is -0.570. The van der Waals surface area contributed by atoms with E-state index in [9.17, 15) is 4.79 Å². The third-order valence-electron chi connectivity index (χ3n) is 3.72. The number of rotatable bonds is 3. The second kappa shape index (κ2) is 3.89. The molecule has 82 valence electrons. The highest BCUT2D eigenvalue weighted by atomic mass is 16.1. The fourth-order valence-corrected chi connectivity index (χ4v) is 1.70. The maximum Gasteiger partial charge on any atom is 0.223 e. The van der Waals surface area contributed by atoms with Gasteiger partial charge >= 0.3 is 0 Å². The van der Waals surface area contributed by atoms with Crippen molar-refractivity contribution in [3.63, 3.8) is 0 Å². The van der Waals surface area contributed by atoms with Crippen LogP contribution in [0.2, 0.25) is 0 Å². The average Bonchev–Trinajstić information content (AvgIpc) is 2.16. The monoisotopic (exact) mass is 198 g/mol. The van der Waals surface area contributed by atoms with Crippen LogP contribution in [0.1, 0.15) is 40.5 Å². The van der Waals surface area contributed by atoms with Crippen LogP contribution in [0.5, 0.6) is 0 Å². The molecule has 0 heterocycles. The standard InChI is InChI=1S/C11H22N2O/c1-5-7(2)10(14)13-9-6-8(12)11(9,3)4/h7-9H,5-6,12H2,1-4H3,(H,13,14). The Morgan fingerprint density at radius 3 is 2.57 bits per heavy atom. The molecule has 0 aromatic heterocycles. The first kappa shape index (κ1) is 11.5. The van der Waals surface area contributed by atoms with Crippen molar-refractivity contribution in [1.82, 2.24) is 5.32 Å². The van der Waals surface area contributed by atoms with Crippen molar-refractivity contribution in [2.75, 3.05) is 0 Å². The van der Waals surface area contributed by atoms with Crippen molar-refractivity contribution in [1.29, 1.82) is 0 Å². The highest BCUT2D eigenvalue weighted by Gasteiger charge is 2.46. The fraction of sp³-hybridized carbons (Fsp3) is 0.909. The smallest absolute Gasteiger partial charge is 0.223 e. The molecule has 1 aliphatic carbocycles. The molecule has 0 spiro atoms. The molecule has 1 fully saturated rings. The Morgan fingerprint density at radius 1 is 1.64 bits per heavy atom. The summed E-state index contributed by atoms with van der Waals surface area (Å²) in [6.07, 6.45) is 1.81. The van der Waals surface area contributed by atoms with Crippen molar-refractivity contribution < 1.29 is 4.79 Å². The molecular formula is C11H22N2O. The van der Waals surface area contributed by atoms with Crippen LogP contribution in [0.3, 0.4) is 0 Å². The Kier molecular flexibility index (Phi) is 3.20. The van der Waals surface area contributed by atoms with Crippen LogP contribution >= 0.6 is 0 Å². The number of hydrogen-bond acceptors (Lipinski definition) is 2. The van der Waals surface area contributed by atoms with Crippen LogP contribution in [0.25, 0.3) is 0 Å². The molecule has 0 aromatic carbocycles. The van der Waals surface area contributed by atoms with Gasteiger partial charge in [-0.3, -0.25) is 4.79 Å². The van der Waals surface area contributed by atoms with Crippen molar-refractivity contribution >= 4 is 5.91 Å². The molecule has 1 amide bonds. The molecule has 3 N–H and O–H groups in total. The summed E-state index contributed by atoms with van der Waals surface area (Å²) in [5, 5.41) is 3.07. The van der Waals surface area contributed by atoms with Crippen LogP contribution in [0, 0.1) is 11.3 Å². The summed E-state index contributed by atoms with van der Waals surface area (Å²) in [6.45, 7) is 8.22. The molecule has 0 aliphatic heterocycles. The first-order chi connectivity index (χ1) is 6.39. The van der Waals surface area contributed by atoms with Gasteiger partial charge < -0.3 is 11.1 Å². The summed E-state index contributed by atoms with van der Waals surface area (Å²) in [4.78, 5) is 11.6. The normalized spacial score (nSPS) is 31.8. The van der Waals surface area contributed by atoms with Gasteiger partial charge in [-0.15, -0.1) is 0 Å². The topological polar surface area (TPSA) is 55.1 Å². The quantitative estimate of drug-likeness (QED) is 0.717. The van der Waals surface area contributed by atoms with Gasteiger partial charge in [-0.1, -0.05) is 27.7 Å². The minimum Gasteiger partial charge on any atom is -0.352 e. The van der Waals surface area contributed by atoms with E-state index >= 15 is 0 Å². The largest absolute Gasteiger partial charge is 0.352 e. The highest BCUT2D eigenvalue weighted by molar-refractivity contribution is 5.78. The first-order valence-electron chi connectivity index (χ1n) is 5.45. The second-order valence-electron chi connectivity index (χ2n) is 5.03. The number of amides is 1. The van der Waals surface area contributed by atoms with Crippen LogP contribution in [-0.2, 0) is 4.79 Å². The predicted octanol–water partition coefficient (Wildman–Crippen LogP) is 1.27. The summed E-state index contributed by atoms with van der Waals surface area (Å²) in [5.41, 5.74) is 5.94. The van der Waals surface area contributed by atoms with E-state index in [0.29, 0.717) is 0 Å². The number of nitrogens with two attached hydrogens (primary N) is 1. The SMILES string of the molecule is CCC(C)C(=O)NC1CC(N)C1(C)C. The predicted molar refractivity (Wildman–Crippen MR) is 57.8 cm³/mol. The third kappa shape index (κ3) is 1.92. The summed E-state index contributed by atoms with van der Waals surface area (Å²) in [7, 11) is 0. The van der Waals surface area contributed by atoms with Gasteiger partial charge in [-0.25, -0.2) is 0 Å². The van der Waals surface area contributed by atoms with Crippen LogP contribution in [-0.4, -0.2) is 18.0 Å². The molecule has 3 unspecified atom stereocenters. The van der Waals surface area contributed by atoms with Gasteiger partial charge in [0.25, 0.3) is 0 Å². The number of hydrogen-bond donors (Lipinski definition) is 2. The molecule has 0 aromatic rings. The van der Waals surface area contributed by atoms with Gasteiger partial charge in [-0.05, 0) is 12.8 Å². The van der Waals surface area contributed by atoms with Crippen molar-refractivity contribution in [2.45, 2.75) is 52.6 Å². The van der Waals surface area contributed by atoms with E-state index in [1.54, 1.807) is 0 Å². The summed E-state index contributed by atoms with van der Waals surface area (Å²) in [5.74, 6) is 0.278. The molecule has 1 aliphatic rings. The minimum atomic E-state index is 0.0587. The average molecular weight is 198 g/mol. The summed E-state index contributed by atoms with van der Waals surface area (Å²) < 4.78 is 0. The molecular weight excluding hydrogens is 176 g/mol. The number of carbonyl (C=O) groups is 1. The maximum atomic E-state index is 11.6. The molecule has 14 heavy (non-hydrogen) atoms. The first-order valence-corrected chi connectivity index (χ1v) is 5.45.